The van der Waals surface area contributed by atoms with Crippen molar-refractivity contribution in [2.24, 2.45) is 0 Å². The van der Waals surface area contributed by atoms with Gasteiger partial charge in [0.15, 0.2) is 5.16 Å². The van der Waals surface area contributed by atoms with Crippen LogP contribution in [-0.4, -0.2) is 20.5 Å². The van der Waals surface area contributed by atoms with Crippen molar-refractivity contribution in [3.05, 3.63) is 6.33 Å². The summed E-state index contributed by atoms with van der Waals surface area (Å²) in [5.74, 6) is 3.29. The first kappa shape index (κ1) is 10.6. The van der Waals surface area contributed by atoms with Crippen molar-refractivity contribution in [1.82, 2.24) is 14.8 Å². The summed E-state index contributed by atoms with van der Waals surface area (Å²) in [6.45, 7) is 0. The molecule has 0 saturated heterocycles. The third kappa shape index (κ3) is 2.54. The molecular formula is C11H15N3S. The monoisotopic (exact) mass is 221 g/mol. The molecule has 0 spiro atoms. The van der Waals surface area contributed by atoms with E-state index < -0.39 is 0 Å². The Morgan fingerprint density at radius 1 is 1.47 bits per heavy atom. The van der Waals surface area contributed by atoms with E-state index in [0.717, 1.165) is 5.16 Å². The topological polar surface area (TPSA) is 30.7 Å². The maximum absolute atomic E-state index is 5.25. The van der Waals surface area contributed by atoms with Gasteiger partial charge in [0.25, 0.3) is 0 Å². The molecule has 80 valence electrons. The van der Waals surface area contributed by atoms with Gasteiger partial charge in [-0.05, 0) is 12.8 Å². The van der Waals surface area contributed by atoms with Gasteiger partial charge in [-0.3, -0.25) is 0 Å². The average Bonchev–Trinajstić information content (AvgIpc) is 2.75. The van der Waals surface area contributed by atoms with E-state index in [2.05, 4.69) is 20.7 Å². The highest BCUT2D eigenvalue weighted by atomic mass is 32.2. The molecule has 1 aromatic rings. The minimum absolute atomic E-state index is 0.592. The lowest BCUT2D eigenvalue weighted by atomic mass is 9.95. The lowest BCUT2D eigenvalue weighted by Gasteiger charge is -2.23. The maximum Gasteiger partial charge on any atom is 0.192 e. The van der Waals surface area contributed by atoms with Gasteiger partial charge in [0, 0.05) is 6.04 Å². The van der Waals surface area contributed by atoms with Crippen molar-refractivity contribution in [1.29, 1.82) is 0 Å². The number of hydrogen-bond acceptors (Lipinski definition) is 3. The first-order valence-corrected chi connectivity index (χ1v) is 6.36. The Balaban J connectivity index is 2.06. The Kier molecular flexibility index (Phi) is 3.68. The van der Waals surface area contributed by atoms with Crippen molar-refractivity contribution in [3.63, 3.8) is 0 Å². The van der Waals surface area contributed by atoms with E-state index in [1.165, 1.54) is 32.1 Å². The van der Waals surface area contributed by atoms with Gasteiger partial charge in [-0.15, -0.1) is 16.6 Å². The maximum atomic E-state index is 5.25. The molecule has 1 saturated carbocycles. The highest BCUT2D eigenvalue weighted by molar-refractivity contribution is 7.99. The van der Waals surface area contributed by atoms with Gasteiger partial charge in [0.05, 0.1) is 5.75 Å². The molecule has 0 radical (unpaired) electrons. The second-order valence-corrected chi connectivity index (χ2v) is 4.75. The van der Waals surface area contributed by atoms with Gasteiger partial charge < -0.3 is 4.57 Å². The number of terminal acetylenes is 1. The molecule has 3 nitrogen and oxygen atoms in total. The van der Waals surface area contributed by atoms with Crippen LogP contribution in [0.3, 0.4) is 0 Å². The third-order valence-electron chi connectivity index (χ3n) is 2.79. The van der Waals surface area contributed by atoms with Crippen LogP contribution in [0.2, 0.25) is 0 Å². The molecule has 0 aliphatic heterocycles. The van der Waals surface area contributed by atoms with Crippen LogP contribution in [0.5, 0.6) is 0 Å². The van der Waals surface area contributed by atoms with E-state index in [-0.39, 0.29) is 0 Å². The van der Waals surface area contributed by atoms with Crippen molar-refractivity contribution < 1.29 is 0 Å². The van der Waals surface area contributed by atoms with Gasteiger partial charge in [-0.2, -0.15) is 0 Å². The molecule has 1 aromatic heterocycles. The SMILES string of the molecule is C#CCSc1nncn1C1CCCCC1. The van der Waals surface area contributed by atoms with Crippen LogP contribution < -0.4 is 0 Å². The number of thioether (sulfide) groups is 1. The van der Waals surface area contributed by atoms with Crippen LogP contribution in [0.1, 0.15) is 38.1 Å². The summed E-state index contributed by atoms with van der Waals surface area (Å²) in [5.41, 5.74) is 0. The van der Waals surface area contributed by atoms with Crippen molar-refractivity contribution >= 4 is 11.8 Å². The largest absolute Gasteiger partial charge is 0.306 e. The summed E-state index contributed by atoms with van der Waals surface area (Å²) in [6.07, 6.45) is 13.6. The summed E-state index contributed by atoms with van der Waals surface area (Å²) in [7, 11) is 0. The first-order valence-electron chi connectivity index (χ1n) is 5.37. The molecule has 0 atom stereocenters. The first-order chi connectivity index (χ1) is 7.42. The van der Waals surface area contributed by atoms with E-state index in [1.807, 2.05) is 6.33 Å². The highest BCUT2D eigenvalue weighted by Gasteiger charge is 2.18. The van der Waals surface area contributed by atoms with Gasteiger partial charge >= 0.3 is 0 Å². The summed E-state index contributed by atoms with van der Waals surface area (Å²) in [6, 6.07) is 0.592. The van der Waals surface area contributed by atoms with Gasteiger partial charge in [0.2, 0.25) is 0 Å². The number of hydrogen-bond donors (Lipinski definition) is 0. The third-order valence-corrected chi connectivity index (χ3v) is 3.65. The van der Waals surface area contributed by atoms with Gasteiger partial charge in [-0.25, -0.2) is 0 Å². The molecule has 1 aliphatic rings. The molecular weight excluding hydrogens is 206 g/mol. The summed E-state index contributed by atoms with van der Waals surface area (Å²) < 4.78 is 2.20. The number of rotatable bonds is 3. The van der Waals surface area contributed by atoms with Crippen LogP contribution in [0, 0.1) is 12.3 Å². The Morgan fingerprint density at radius 2 is 2.27 bits per heavy atom. The van der Waals surface area contributed by atoms with Crippen LogP contribution in [0.15, 0.2) is 11.5 Å². The summed E-state index contributed by atoms with van der Waals surface area (Å²) in [5, 5.41) is 9.06. The van der Waals surface area contributed by atoms with Crippen LogP contribution in [0.4, 0.5) is 0 Å². The quantitative estimate of drug-likeness (QED) is 0.580. The highest BCUT2D eigenvalue weighted by Crippen LogP contribution is 2.30. The van der Waals surface area contributed by atoms with E-state index >= 15 is 0 Å². The van der Waals surface area contributed by atoms with E-state index in [0.29, 0.717) is 11.8 Å². The fourth-order valence-electron chi connectivity index (χ4n) is 2.05. The zero-order chi connectivity index (χ0) is 10.5. The summed E-state index contributed by atoms with van der Waals surface area (Å²) >= 11 is 1.60. The molecule has 1 fully saturated rings. The van der Waals surface area contributed by atoms with Crippen molar-refractivity contribution in [2.45, 2.75) is 43.3 Å². The van der Waals surface area contributed by atoms with Crippen molar-refractivity contribution in [2.75, 3.05) is 5.75 Å². The molecule has 0 bridgehead atoms. The second-order valence-electron chi connectivity index (χ2n) is 3.81. The van der Waals surface area contributed by atoms with Crippen LogP contribution in [0.25, 0.3) is 0 Å². The standard InChI is InChI=1S/C11H15N3S/c1-2-8-15-11-13-12-9-14(11)10-6-4-3-5-7-10/h1,9-10H,3-8H2. The second kappa shape index (κ2) is 5.22. The molecule has 2 rings (SSSR count). The molecule has 0 N–H and O–H groups in total. The Bertz CT molecular complexity index is 347. The fourth-order valence-corrected chi connectivity index (χ4v) is 2.71. The zero-order valence-electron chi connectivity index (χ0n) is 8.72. The Hall–Kier alpha value is -0.950. The van der Waals surface area contributed by atoms with E-state index in [9.17, 15) is 0 Å². The predicted molar refractivity (Wildman–Crippen MR) is 61.7 cm³/mol. The molecule has 4 heteroatoms. The van der Waals surface area contributed by atoms with E-state index in [1.54, 1.807) is 11.8 Å². The van der Waals surface area contributed by atoms with Crippen LogP contribution in [-0.2, 0) is 0 Å². The molecule has 1 heterocycles. The zero-order valence-corrected chi connectivity index (χ0v) is 9.54. The Morgan fingerprint density at radius 3 is 3.00 bits per heavy atom. The number of aromatic nitrogens is 3. The van der Waals surface area contributed by atoms with E-state index in [4.69, 9.17) is 6.42 Å². The summed E-state index contributed by atoms with van der Waals surface area (Å²) in [4.78, 5) is 0. The lowest BCUT2D eigenvalue weighted by molar-refractivity contribution is 0.336. The average molecular weight is 221 g/mol. The molecule has 0 aromatic carbocycles. The van der Waals surface area contributed by atoms with Crippen molar-refractivity contribution in [3.8, 4) is 12.3 Å². The Labute approximate surface area is 94.7 Å². The number of nitrogens with zero attached hydrogens (tertiary/aromatic N) is 3. The normalized spacial score (nSPS) is 17.5. The minimum Gasteiger partial charge on any atom is -0.306 e. The smallest absolute Gasteiger partial charge is 0.192 e. The fraction of sp³-hybridized carbons (Fsp3) is 0.636. The molecule has 1 aliphatic carbocycles. The van der Waals surface area contributed by atoms with Crippen LogP contribution >= 0.6 is 11.8 Å². The molecule has 0 amide bonds. The molecule has 0 unspecified atom stereocenters. The predicted octanol–water partition coefficient (Wildman–Crippen LogP) is 2.51. The lowest BCUT2D eigenvalue weighted by Crippen LogP contribution is -2.12. The van der Waals surface area contributed by atoms with Gasteiger partial charge in [-0.1, -0.05) is 36.9 Å². The molecule has 15 heavy (non-hydrogen) atoms. The van der Waals surface area contributed by atoms with Gasteiger partial charge in [0.1, 0.15) is 6.33 Å². The minimum atomic E-state index is 0.592.